The van der Waals surface area contributed by atoms with Crippen molar-refractivity contribution in [3.8, 4) is 0 Å². The molecule has 0 saturated carbocycles. The third-order valence-corrected chi connectivity index (χ3v) is 5.24. The van der Waals surface area contributed by atoms with Gasteiger partial charge < -0.3 is 10.0 Å². The molecule has 2 unspecified atom stereocenters. The lowest BCUT2D eigenvalue weighted by Crippen LogP contribution is -2.39. The number of hydrogen-bond donors (Lipinski definition) is 1. The Balaban J connectivity index is 3.16. The van der Waals surface area contributed by atoms with Gasteiger partial charge in [0, 0.05) is 17.6 Å². The van der Waals surface area contributed by atoms with Gasteiger partial charge in [0.1, 0.15) is 5.25 Å². The van der Waals surface area contributed by atoms with Gasteiger partial charge in [0.05, 0.1) is 21.3 Å². The Morgan fingerprint density at radius 3 is 2.38 bits per heavy atom. The lowest BCUT2D eigenvalue weighted by Gasteiger charge is -2.22. The largest absolute Gasteiger partial charge is 0.478 e. The monoisotopic (exact) mass is 375 g/mol. The normalized spacial score (nSPS) is 13.5. The van der Waals surface area contributed by atoms with Crippen LogP contribution in [-0.2, 0) is 15.6 Å². The molecule has 0 aliphatic rings. The topological polar surface area (TPSA) is 74.7 Å². The highest BCUT2D eigenvalue weighted by Crippen LogP contribution is 2.23. The minimum absolute atomic E-state index is 0.0456. The van der Waals surface area contributed by atoms with Crippen molar-refractivity contribution in [3.63, 3.8) is 0 Å². The van der Waals surface area contributed by atoms with E-state index in [2.05, 4.69) is 15.9 Å². The molecule has 0 radical (unpaired) electrons. The maximum Gasteiger partial charge on any atom is 0.336 e. The van der Waals surface area contributed by atoms with Gasteiger partial charge in [-0.15, -0.1) is 0 Å². The summed E-state index contributed by atoms with van der Waals surface area (Å²) in [4.78, 5) is 25.2. The van der Waals surface area contributed by atoms with Crippen molar-refractivity contribution >= 4 is 38.6 Å². The van der Waals surface area contributed by atoms with Gasteiger partial charge >= 0.3 is 5.97 Å². The molecule has 0 aliphatic carbocycles. The van der Waals surface area contributed by atoms with Gasteiger partial charge in [-0.25, -0.2) is 4.79 Å². The Kier molecular flexibility index (Phi) is 6.54. The molecule has 1 rings (SSSR count). The zero-order valence-electron chi connectivity index (χ0n) is 12.1. The van der Waals surface area contributed by atoms with Crippen molar-refractivity contribution in [3.05, 3.63) is 28.2 Å². The van der Waals surface area contributed by atoms with Gasteiger partial charge in [-0.2, -0.15) is 0 Å². The number of carboxylic acid groups (broad SMARTS) is 1. The highest BCUT2D eigenvalue weighted by molar-refractivity contribution is 9.10. The second-order valence-electron chi connectivity index (χ2n) is 4.40. The highest BCUT2D eigenvalue weighted by Gasteiger charge is 2.27. The number of halogens is 1. The summed E-state index contributed by atoms with van der Waals surface area (Å²) in [5, 5.41) is 8.39. The minimum Gasteiger partial charge on any atom is -0.478 e. The molecular weight excluding hydrogens is 358 g/mol. The molecule has 0 aromatic heterocycles. The van der Waals surface area contributed by atoms with E-state index in [9.17, 15) is 18.9 Å². The predicted octanol–water partition coefficient (Wildman–Crippen LogP) is 2.51. The molecule has 7 heteroatoms. The number of nitrogens with zero attached hydrogens (tertiary/aromatic N) is 1. The first kappa shape index (κ1) is 17.8. The summed E-state index contributed by atoms with van der Waals surface area (Å²) in [7, 11) is -1.73. The summed E-state index contributed by atoms with van der Waals surface area (Å²) >= 11 is 3.23. The van der Waals surface area contributed by atoms with Gasteiger partial charge in [0.25, 0.3) is 0 Å². The quantitative estimate of drug-likeness (QED) is 0.828. The Bertz CT molecular complexity index is 572. The molecule has 1 N–H and O–H groups in total. The smallest absolute Gasteiger partial charge is 0.336 e. The first-order valence-electron chi connectivity index (χ1n) is 6.55. The van der Waals surface area contributed by atoms with Crippen LogP contribution in [0.2, 0.25) is 0 Å². The number of aromatic carboxylic acids is 1. The van der Waals surface area contributed by atoms with E-state index >= 15 is 0 Å². The number of carbonyl (C=O) groups is 2. The summed E-state index contributed by atoms with van der Waals surface area (Å²) in [5.41, 5.74) is -0.0456. The Hall–Kier alpha value is -1.21. The van der Waals surface area contributed by atoms with Crippen LogP contribution in [0.4, 0.5) is 0 Å². The van der Waals surface area contributed by atoms with Crippen molar-refractivity contribution in [1.29, 1.82) is 0 Å². The van der Waals surface area contributed by atoms with Crippen LogP contribution < -0.4 is 0 Å². The van der Waals surface area contributed by atoms with Crippen molar-refractivity contribution in [1.82, 2.24) is 4.90 Å². The van der Waals surface area contributed by atoms with E-state index < -0.39 is 22.0 Å². The SMILES string of the molecule is CCN(CC)C(=O)C(C)S(=O)c1cc(Br)ccc1C(=O)O. The lowest BCUT2D eigenvalue weighted by atomic mass is 10.2. The first-order valence-corrected chi connectivity index (χ1v) is 8.56. The summed E-state index contributed by atoms with van der Waals surface area (Å²) in [6.07, 6.45) is 0. The molecule has 2 atom stereocenters. The summed E-state index contributed by atoms with van der Waals surface area (Å²) in [6, 6.07) is 4.45. The van der Waals surface area contributed by atoms with E-state index in [4.69, 9.17) is 0 Å². The fourth-order valence-corrected chi connectivity index (χ4v) is 3.75. The molecule has 0 saturated heterocycles. The van der Waals surface area contributed by atoms with Crippen molar-refractivity contribution in [2.75, 3.05) is 13.1 Å². The van der Waals surface area contributed by atoms with Gasteiger partial charge in [-0.05, 0) is 39.0 Å². The molecule has 0 heterocycles. The third-order valence-electron chi connectivity index (χ3n) is 3.13. The van der Waals surface area contributed by atoms with E-state index in [-0.39, 0.29) is 16.4 Å². The molecular formula is C14H18BrNO4S. The third kappa shape index (κ3) is 4.14. The van der Waals surface area contributed by atoms with Crippen LogP contribution in [0.5, 0.6) is 0 Å². The molecule has 5 nitrogen and oxygen atoms in total. The van der Waals surface area contributed by atoms with Crippen molar-refractivity contribution in [2.45, 2.75) is 30.9 Å². The van der Waals surface area contributed by atoms with E-state index in [1.165, 1.54) is 12.1 Å². The van der Waals surface area contributed by atoms with E-state index in [0.717, 1.165) is 0 Å². The fourth-order valence-electron chi connectivity index (χ4n) is 1.91. The first-order chi connectivity index (χ1) is 9.83. The van der Waals surface area contributed by atoms with Crippen LogP contribution in [0.3, 0.4) is 0 Å². The van der Waals surface area contributed by atoms with Crippen LogP contribution in [0.15, 0.2) is 27.6 Å². The standard InChI is InChI=1S/C14H18BrNO4S/c1-4-16(5-2)13(17)9(3)21(20)12-8-10(15)6-7-11(12)14(18)19/h6-9H,4-5H2,1-3H3,(H,18,19). The van der Waals surface area contributed by atoms with Gasteiger partial charge in [0.2, 0.25) is 5.91 Å². The van der Waals surface area contributed by atoms with E-state index in [1.807, 2.05) is 13.8 Å². The average Bonchev–Trinajstić information content (AvgIpc) is 2.46. The molecule has 0 aliphatic heterocycles. The van der Waals surface area contributed by atoms with Gasteiger partial charge in [-0.3, -0.25) is 9.00 Å². The molecule has 116 valence electrons. The number of hydrogen-bond acceptors (Lipinski definition) is 3. The maximum atomic E-state index is 12.6. The summed E-state index contributed by atoms with van der Waals surface area (Å²) in [6.45, 7) is 6.31. The van der Waals surface area contributed by atoms with Crippen molar-refractivity contribution < 1.29 is 18.9 Å². The van der Waals surface area contributed by atoms with Crippen LogP contribution in [-0.4, -0.2) is 44.4 Å². The molecule has 1 aromatic carbocycles. The van der Waals surface area contributed by atoms with Crippen LogP contribution >= 0.6 is 15.9 Å². The van der Waals surface area contributed by atoms with Crippen LogP contribution in [0.1, 0.15) is 31.1 Å². The Labute approximate surface area is 134 Å². The zero-order valence-corrected chi connectivity index (χ0v) is 14.5. The number of carboxylic acids is 1. The molecule has 21 heavy (non-hydrogen) atoms. The van der Waals surface area contributed by atoms with E-state index in [0.29, 0.717) is 17.6 Å². The zero-order chi connectivity index (χ0) is 16.2. The lowest BCUT2D eigenvalue weighted by molar-refractivity contribution is -0.130. The molecule has 1 amide bonds. The number of carbonyl (C=O) groups excluding carboxylic acids is 1. The molecule has 0 fully saturated rings. The highest BCUT2D eigenvalue weighted by atomic mass is 79.9. The summed E-state index contributed by atoms with van der Waals surface area (Å²) < 4.78 is 13.2. The number of amides is 1. The van der Waals surface area contributed by atoms with Crippen molar-refractivity contribution in [2.24, 2.45) is 0 Å². The van der Waals surface area contributed by atoms with Gasteiger partial charge in [0.15, 0.2) is 0 Å². The van der Waals surface area contributed by atoms with E-state index in [1.54, 1.807) is 17.9 Å². The molecule has 0 bridgehead atoms. The van der Waals surface area contributed by atoms with Gasteiger partial charge in [-0.1, -0.05) is 15.9 Å². The maximum absolute atomic E-state index is 12.6. The second-order valence-corrected chi connectivity index (χ2v) is 7.05. The number of rotatable bonds is 6. The average molecular weight is 376 g/mol. The second kappa shape index (κ2) is 7.70. The van der Waals surface area contributed by atoms with Crippen LogP contribution in [0.25, 0.3) is 0 Å². The van der Waals surface area contributed by atoms with Crippen LogP contribution in [0, 0.1) is 0 Å². The molecule has 1 aromatic rings. The summed E-state index contributed by atoms with van der Waals surface area (Å²) in [5.74, 6) is -1.40. The minimum atomic E-state index is -1.73. The molecule has 0 spiro atoms. The Morgan fingerprint density at radius 1 is 1.33 bits per heavy atom. The fraction of sp³-hybridized carbons (Fsp3) is 0.429. The predicted molar refractivity (Wildman–Crippen MR) is 84.9 cm³/mol. The Morgan fingerprint density at radius 2 is 1.90 bits per heavy atom. The number of benzene rings is 1.